The first-order valence-corrected chi connectivity index (χ1v) is 5.92. The summed E-state index contributed by atoms with van der Waals surface area (Å²) in [4.78, 5) is 18.9. The molecule has 1 heterocycles. The number of carboxylic acids is 1. The Hall–Kier alpha value is -2.13. The number of carbonyl (C=O) groups is 1. The molecule has 0 saturated heterocycles. The van der Waals surface area contributed by atoms with Crippen molar-refractivity contribution in [2.75, 3.05) is 38.6 Å². The van der Waals surface area contributed by atoms with Crippen LogP contribution in [0.1, 0.15) is 11.3 Å². The number of carboxylic acid groups (broad SMARTS) is 1. The fourth-order valence-corrected chi connectivity index (χ4v) is 1.64. The van der Waals surface area contributed by atoms with Gasteiger partial charge in [0.25, 0.3) is 0 Å². The highest BCUT2D eigenvalue weighted by Crippen LogP contribution is 2.14. The van der Waals surface area contributed by atoms with E-state index in [1.807, 2.05) is 19.0 Å². The van der Waals surface area contributed by atoms with Crippen molar-refractivity contribution in [1.82, 2.24) is 9.88 Å². The summed E-state index contributed by atoms with van der Waals surface area (Å²) in [7, 11) is 3.84. The molecule has 0 aliphatic carbocycles. The molecule has 0 amide bonds. The minimum absolute atomic E-state index is 0.130. The predicted octanol–water partition coefficient (Wildman–Crippen LogP) is 0.714. The molecule has 6 heteroatoms. The second-order valence-corrected chi connectivity index (χ2v) is 4.59. The Morgan fingerprint density at radius 3 is 2.63 bits per heavy atom. The molecule has 0 unspecified atom stereocenters. The largest absolute Gasteiger partial charge is 0.480 e. The number of aliphatic carboxylic acids is 1. The summed E-state index contributed by atoms with van der Waals surface area (Å²) in [5, 5.41) is 17.9. The molecule has 0 saturated carbocycles. The maximum absolute atomic E-state index is 10.9. The van der Waals surface area contributed by atoms with E-state index in [4.69, 9.17) is 10.4 Å². The summed E-state index contributed by atoms with van der Waals surface area (Å²) in [6, 6.07) is 5.35. The molecule has 1 rings (SSSR count). The van der Waals surface area contributed by atoms with Gasteiger partial charge in [-0.3, -0.25) is 4.79 Å². The molecule has 0 bridgehead atoms. The molecule has 6 nitrogen and oxygen atoms in total. The molecule has 0 radical (unpaired) electrons. The Bertz CT molecular complexity index is 494. The number of nitriles is 1. The average Bonchev–Trinajstić information content (AvgIpc) is 2.32. The maximum Gasteiger partial charge on any atom is 0.323 e. The number of hydrogen-bond donors (Lipinski definition) is 1. The van der Waals surface area contributed by atoms with Crippen LogP contribution >= 0.6 is 0 Å². The summed E-state index contributed by atoms with van der Waals surface area (Å²) >= 11 is 0. The Morgan fingerprint density at radius 2 is 2.11 bits per heavy atom. The fourth-order valence-electron chi connectivity index (χ4n) is 1.64. The number of rotatable bonds is 6. The minimum Gasteiger partial charge on any atom is -0.480 e. The average molecular weight is 262 g/mol. The van der Waals surface area contributed by atoms with Crippen molar-refractivity contribution in [3.8, 4) is 6.07 Å². The fraction of sp³-hybridized carbons (Fsp3) is 0.462. The van der Waals surface area contributed by atoms with Crippen molar-refractivity contribution in [2.24, 2.45) is 0 Å². The van der Waals surface area contributed by atoms with Gasteiger partial charge in [-0.15, -0.1) is 0 Å². The van der Waals surface area contributed by atoms with E-state index < -0.39 is 5.97 Å². The molecule has 102 valence electrons. The summed E-state index contributed by atoms with van der Waals surface area (Å²) in [5.74, 6) is -0.388. The number of likely N-dealkylation sites (N-methyl/N-ethyl adjacent to an activating group) is 1. The zero-order valence-electron chi connectivity index (χ0n) is 11.4. The number of anilines is 1. The summed E-state index contributed by atoms with van der Waals surface area (Å²) < 4.78 is 0. The molecular weight excluding hydrogens is 244 g/mol. The summed E-state index contributed by atoms with van der Waals surface area (Å²) in [6.45, 7) is 2.91. The van der Waals surface area contributed by atoms with Crippen LogP contribution in [0.5, 0.6) is 0 Å². The number of nitrogens with zero attached hydrogens (tertiary/aromatic N) is 4. The van der Waals surface area contributed by atoms with E-state index in [2.05, 4.69) is 11.1 Å². The van der Waals surface area contributed by atoms with Crippen molar-refractivity contribution in [3.05, 3.63) is 23.4 Å². The third-order valence-electron chi connectivity index (χ3n) is 2.54. The van der Waals surface area contributed by atoms with E-state index in [1.165, 1.54) is 0 Å². The quantitative estimate of drug-likeness (QED) is 0.813. The second kappa shape index (κ2) is 6.71. The molecule has 0 atom stereocenters. The molecule has 0 aromatic carbocycles. The SMILES string of the molecule is Cc1cc(C#N)cc(N(CCN(C)C)CC(=O)O)n1. The number of aryl methyl sites for hydroxylation is 1. The van der Waals surface area contributed by atoms with Crippen molar-refractivity contribution in [3.63, 3.8) is 0 Å². The molecule has 1 aromatic rings. The van der Waals surface area contributed by atoms with Gasteiger partial charge in [-0.25, -0.2) is 4.98 Å². The number of hydrogen-bond acceptors (Lipinski definition) is 5. The van der Waals surface area contributed by atoms with Crippen LogP contribution in [0.25, 0.3) is 0 Å². The third-order valence-corrected chi connectivity index (χ3v) is 2.54. The minimum atomic E-state index is -0.916. The Balaban J connectivity index is 2.99. The van der Waals surface area contributed by atoms with Gasteiger partial charge in [0.05, 0.1) is 11.6 Å². The zero-order chi connectivity index (χ0) is 14.4. The first kappa shape index (κ1) is 14.9. The highest BCUT2D eigenvalue weighted by Gasteiger charge is 2.13. The Kier molecular flexibility index (Phi) is 5.27. The van der Waals surface area contributed by atoms with Crippen LogP contribution in [0.3, 0.4) is 0 Å². The molecule has 19 heavy (non-hydrogen) atoms. The van der Waals surface area contributed by atoms with Crippen LogP contribution in [-0.4, -0.2) is 54.7 Å². The van der Waals surface area contributed by atoms with Crippen molar-refractivity contribution in [1.29, 1.82) is 5.26 Å². The second-order valence-electron chi connectivity index (χ2n) is 4.59. The van der Waals surface area contributed by atoms with Gasteiger partial charge in [0, 0.05) is 18.8 Å². The smallest absolute Gasteiger partial charge is 0.323 e. The van der Waals surface area contributed by atoms with E-state index >= 15 is 0 Å². The van der Waals surface area contributed by atoms with Crippen LogP contribution in [-0.2, 0) is 4.79 Å². The van der Waals surface area contributed by atoms with E-state index in [-0.39, 0.29) is 6.54 Å². The van der Waals surface area contributed by atoms with E-state index in [1.54, 1.807) is 24.0 Å². The van der Waals surface area contributed by atoms with E-state index in [0.29, 0.717) is 30.2 Å². The molecule has 0 fully saturated rings. The normalized spacial score (nSPS) is 10.3. The van der Waals surface area contributed by atoms with Crippen LogP contribution < -0.4 is 4.90 Å². The van der Waals surface area contributed by atoms with Gasteiger partial charge in [0.15, 0.2) is 0 Å². The van der Waals surface area contributed by atoms with Gasteiger partial charge in [-0.2, -0.15) is 5.26 Å². The molecular formula is C13H18N4O2. The van der Waals surface area contributed by atoms with Crippen molar-refractivity contribution < 1.29 is 9.90 Å². The van der Waals surface area contributed by atoms with Gasteiger partial charge in [0.1, 0.15) is 12.4 Å². The monoisotopic (exact) mass is 262 g/mol. The molecule has 1 N–H and O–H groups in total. The lowest BCUT2D eigenvalue weighted by Crippen LogP contribution is -2.36. The van der Waals surface area contributed by atoms with Gasteiger partial charge in [0.2, 0.25) is 0 Å². The molecule has 0 aliphatic heterocycles. The molecule has 0 aliphatic rings. The Morgan fingerprint density at radius 1 is 1.42 bits per heavy atom. The van der Waals surface area contributed by atoms with Gasteiger partial charge in [-0.05, 0) is 33.2 Å². The number of aromatic nitrogens is 1. The predicted molar refractivity (Wildman–Crippen MR) is 72.1 cm³/mol. The first-order chi connectivity index (χ1) is 8.92. The van der Waals surface area contributed by atoms with Crippen LogP contribution in [0.2, 0.25) is 0 Å². The van der Waals surface area contributed by atoms with Gasteiger partial charge >= 0.3 is 5.97 Å². The van der Waals surface area contributed by atoms with Crippen LogP contribution in [0, 0.1) is 18.3 Å². The molecule has 0 spiro atoms. The van der Waals surface area contributed by atoms with Crippen molar-refractivity contribution in [2.45, 2.75) is 6.92 Å². The lowest BCUT2D eigenvalue weighted by Gasteiger charge is -2.24. The Labute approximate surface area is 112 Å². The van der Waals surface area contributed by atoms with Crippen molar-refractivity contribution >= 4 is 11.8 Å². The highest BCUT2D eigenvalue weighted by molar-refractivity contribution is 5.73. The number of pyridine rings is 1. The third kappa shape index (κ3) is 4.94. The zero-order valence-corrected chi connectivity index (χ0v) is 11.4. The van der Waals surface area contributed by atoms with Crippen LogP contribution in [0.15, 0.2) is 12.1 Å². The molecule has 1 aromatic heterocycles. The standard InChI is InChI=1S/C13H18N4O2/c1-10-6-11(8-14)7-12(15-10)17(9-13(18)19)5-4-16(2)3/h6-7H,4-5,9H2,1-3H3,(H,18,19). The topological polar surface area (TPSA) is 80.5 Å². The lowest BCUT2D eigenvalue weighted by atomic mass is 10.2. The highest BCUT2D eigenvalue weighted by atomic mass is 16.4. The lowest BCUT2D eigenvalue weighted by molar-refractivity contribution is -0.135. The first-order valence-electron chi connectivity index (χ1n) is 5.92. The van der Waals surface area contributed by atoms with E-state index in [0.717, 1.165) is 0 Å². The summed E-state index contributed by atoms with van der Waals surface area (Å²) in [6.07, 6.45) is 0. The maximum atomic E-state index is 10.9. The van der Waals surface area contributed by atoms with Gasteiger partial charge in [-0.1, -0.05) is 0 Å². The van der Waals surface area contributed by atoms with Crippen LogP contribution in [0.4, 0.5) is 5.82 Å². The summed E-state index contributed by atoms with van der Waals surface area (Å²) in [5.41, 5.74) is 1.19. The van der Waals surface area contributed by atoms with Gasteiger partial charge < -0.3 is 14.9 Å². The van der Waals surface area contributed by atoms with E-state index in [9.17, 15) is 4.79 Å².